The molecule has 2 aromatic carbocycles. The molecule has 7 N–H and O–H groups in total. The highest BCUT2D eigenvalue weighted by atomic mass is 35.5. The summed E-state index contributed by atoms with van der Waals surface area (Å²) in [5, 5.41) is 64.2. The van der Waals surface area contributed by atoms with Gasteiger partial charge in [0.25, 0.3) is 5.92 Å². The maximum absolute atomic E-state index is 16.6. The minimum atomic E-state index is -3.00. The molecule has 1 saturated carbocycles. The van der Waals surface area contributed by atoms with Crippen molar-refractivity contribution < 1.29 is 38.0 Å². The lowest BCUT2D eigenvalue weighted by Crippen LogP contribution is -2.90. The molecule has 9 rings (SSSR count). The Hall–Kier alpha value is -5.11. The number of halogens is 5. The zero-order chi connectivity index (χ0) is 53.1. The third kappa shape index (κ3) is 8.33. The Labute approximate surface area is 431 Å². The number of likely N-dealkylation sites (N-methyl/N-ethyl adjacent to an activating group) is 1. The zero-order valence-corrected chi connectivity index (χ0v) is 42.9. The lowest BCUT2D eigenvalue weighted by Gasteiger charge is -2.71. The number of likely N-dealkylation sites (tertiary alicyclic amines) is 1. The van der Waals surface area contributed by atoms with Gasteiger partial charge in [0.2, 0.25) is 5.95 Å². The van der Waals surface area contributed by atoms with Gasteiger partial charge in [-0.1, -0.05) is 49.9 Å². The van der Waals surface area contributed by atoms with Gasteiger partial charge in [-0.25, -0.2) is 22.5 Å². The van der Waals surface area contributed by atoms with E-state index in [0.29, 0.717) is 101 Å². The number of fused-ring (bicyclic) bond motifs is 3. The van der Waals surface area contributed by atoms with E-state index in [2.05, 4.69) is 45.7 Å². The summed E-state index contributed by atoms with van der Waals surface area (Å²) in [6.07, 6.45) is 6.23. The minimum Gasteiger partial charge on any atom is -0.394 e. The molecule has 4 aliphatic heterocycles. The molecule has 386 valence electrons. The number of allylic oxidation sites excluding steroid dienone is 3. The standard InChI is InChI=1S/C52H63B2ClF4N10O4/c1-10-29(12-11-27(2)60-7)41-34-16-15-33(40(57)43(34)67(9)65-41)30-18-21-68(22-19-30)26-47(4)48(5,70)52(54,73)69(49(6,71)51(47,53)72)46-61-25-36(55)45(64-46)62-38-23-35-39(24-37(38)56)66(8)28(3)32-17-20-50(58,59)44(31-13-14-31)63-42(32)35/h10,15-16,23-25,29-31,44,60,63,70-73H,1-3,11-14,17-22,26H2,4-9H3,(H,61,62,64). The molecule has 73 heavy (non-hydrogen) atoms. The first kappa shape index (κ1) is 52.7. The number of aromatic nitrogens is 4. The highest BCUT2D eigenvalue weighted by Gasteiger charge is 2.75. The van der Waals surface area contributed by atoms with Crippen LogP contribution in [-0.4, -0.2) is 129 Å². The number of aryl methyl sites for hydroxylation is 1. The quantitative estimate of drug-likeness (QED) is 0.0411. The number of piperidine rings is 2. The van der Waals surface area contributed by atoms with Gasteiger partial charge >= 0.3 is 0 Å². The highest BCUT2D eigenvalue weighted by molar-refractivity contribution is 6.33. The molecule has 21 heteroatoms. The van der Waals surface area contributed by atoms with Crippen molar-refractivity contribution in [3.05, 3.63) is 107 Å². The molecule has 5 aliphatic rings. The molecule has 2 aromatic heterocycles. The van der Waals surface area contributed by atoms with Gasteiger partial charge in [-0.15, -0.1) is 6.58 Å². The largest absolute Gasteiger partial charge is 0.394 e. The molecule has 1 aliphatic carbocycles. The first-order valence-electron chi connectivity index (χ1n) is 24.7. The number of hydrogen-bond donors (Lipinski definition) is 7. The maximum Gasteiger partial charge on any atom is 0.268 e. The topological polar surface area (TPSA) is 170 Å². The molecule has 6 heterocycles. The van der Waals surface area contributed by atoms with Crippen molar-refractivity contribution in [1.29, 1.82) is 0 Å². The van der Waals surface area contributed by atoms with Crippen LogP contribution in [-0.2, 0) is 7.05 Å². The predicted molar refractivity (Wildman–Crippen MR) is 278 cm³/mol. The van der Waals surface area contributed by atoms with E-state index in [1.165, 1.54) is 26.0 Å². The van der Waals surface area contributed by atoms with Crippen molar-refractivity contribution in [3.63, 3.8) is 0 Å². The average Bonchev–Trinajstić information content (AvgIpc) is 4.13. The van der Waals surface area contributed by atoms with Crippen molar-refractivity contribution in [2.45, 2.75) is 118 Å². The van der Waals surface area contributed by atoms with E-state index in [1.54, 1.807) is 29.7 Å². The van der Waals surface area contributed by atoms with Gasteiger partial charge in [0.1, 0.15) is 43.3 Å². The molecule has 3 fully saturated rings. The van der Waals surface area contributed by atoms with Crippen LogP contribution in [0.2, 0.25) is 5.02 Å². The fraction of sp³-hybridized carbons (Fsp3) is 0.519. The SMILES string of the molecule is [B]C1(O)N(c2ncc(Cl)c(Nc3cc4c(cc3F)N(C)C(=C)C3=C4NC(C4CC4)C(F)(F)CC3)n2)C(C)(O)C([B])(O)C(C)(CN2CCC(c3ccc4c(C(C=C)CCC(=C)NC)nn(C)c4c3F)CC2)C1(C)O. The first-order chi connectivity index (χ1) is 34.1. The van der Waals surface area contributed by atoms with Crippen LogP contribution in [0.5, 0.6) is 0 Å². The van der Waals surface area contributed by atoms with Crippen LogP contribution >= 0.6 is 11.6 Å². The molecule has 4 aromatic rings. The number of benzene rings is 2. The highest BCUT2D eigenvalue weighted by Crippen LogP contribution is 2.58. The Bertz CT molecular complexity index is 2910. The van der Waals surface area contributed by atoms with Crippen molar-refractivity contribution in [2.75, 3.05) is 48.8 Å². The lowest BCUT2D eigenvalue weighted by atomic mass is 9.43. The fourth-order valence-electron chi connectivity index (χ4n) is 11.8. The van der Waals surface area contributed by atoms with E-state index < -0.39 is 51.6 Å². The van der Waals surface area contributed by atoms with Crippen molar-refractivity contribution in [2.24, 2.45) is 18.4 Å². The fourth-order valence-corrected chi connectivity index (χ4v) is 11.9. The summed E-state index contributed by atoms with van der Waals surface area (Å²) in [7, 11) is 18.7. The lowest BCUT2D eigenvalue weighted by molar-refractivity contribution is -0.299. The van der Waals surface area contributed by atoms with Gasteiger partial charge < -0.3 is 46.2 Å². The second-order valence-corrected chi connectivity index (χ2v) is 21.7. The van der Waals surface area contributed by atoms with E-state index in [-0.39, 0.29) is 59.5 Å². The van der Waals surface area contributed by atoms with Gasteiger partial charge in [0, 0.05) is 79.5 Å². The van der Waals surface area contributed by atoms with E-state index in [0.717, 1.165) is 24.5 Å². The van der Waals surface area contributed by atoms with Gasteiger partial charge in [-0.2, -0.15) is 10.1 Å². The summed E-state index contributed by atoms with van der Waals surface area (Å²) in [5.41, 5.74) is -8.45. The van der Waals surface area contributed by atoms with Crippen LogP contribution in [0.3, 0.4) is 0 Å². The Kier molecular flexibility index (Phi) is 13.2. The maximum atomic E-state index is 16.6. The summed E-state index contributed by atoms with van der Waals surface area (Å²) < 4.78 is 65.4. The molecule has 7 atom stereocenters. The van der Waals surface area contributed by atoms with Crippen molar-refractivity contribution in [3.8, 4) is 0 Å². The van der Waals surface area contributed by atoms with E-state index in [9.17, 15) is 20.4 Å². The summed E-state index contributed by atoms with van der Waals surface area (Å²) in [5.74, 6) is -5.50. The second kappa shape index (κ2) is 18.3. The van der Waals surface area contributed by atoms with Crippen LogP contribution in [0, 0.1) is 23.0 Å². The van der Waals surface area contributed by atoms with Crippen LogP contribution in [0.1, 0.15) is 101 Å². The molecular formula is C52H63B2ClF4N10O4. The Balaban J connectivity index is 0.960. The number of nitrogens with zero attached hydrogens (tertiary/aromatic N) is 7. The first-order valence-corrected chi connectivity index (χ1v) is 25.1. The summed E-state index contributed by atoms with van der Waals surface area (Å²) in [6, 6.07) is 5.27. The molecular weight excluding hydrogens is 962 g/mol. The number of aliphatic hydroxyl groups is 4. The van der Waals surface area contributed by atoms with Crippen LogP contribution < -0.4 is 25.8 Å². The third-order valence-corrected chi connectivity index (χ3v) is 17.2. The summed E-state index contributed by atoms with van der Waals surface area (Å²) >= 11 is 6.62. The van der Waals surface area contributed by atoms with E-state index in [1.807, 2.05) is 24.1 Å². The molecule has 14 nitrogen and oxygen atoms in total. The van der Waals surface area contributed by atoms with E-state index in [4.69, 9.17) is 32.4 Å². The predicted octanol–water partition coefficient (Wildman–Crippen LogP) is 7.13. The molecule has 7 unspecified atom stereocenters. The Morgan fingerprint density at radius 1 is 1.05 bits per heavy atom. The third-order valence-electron chi connectivity index (χ3n) is 17.0. The van der Waals surface area contributed by atoms with Crippen LogP contribution in [0.25, 0.3) is 16.6 Å². The van der Waals surface area contributed by atoms with Gasteiger partial charge in [-0.3, -0.25) is 9.58 Å². The van der Waals surface area contributed by atoms with Crippen LogP contribution in [0.4, 0.5) is 40.7 Å². The normalized spacial score (nSPS) is 30.1. The number of anilines is 4. The molecule has 0 bridgehead atoms. The van der Waals surface area contributed by atoms with Crippen LogP contribution in [0.15, 0.2) is 73.2 Å². The van der Waals surface area contributed by atoms with Gasteiger partial charge in [0.05, 0.1) is 34.8 Å². The number of hydrogen-bond acceptors (Lipinski definition) is 13. The summed E-state index contributed by atoms with van der Waals surface area (Å²) in [6.45, 7) is 16.4. The smallest absolute Gasteiger partial charge is 0.268 e. The number of alkyl halides is 2. The zero-order valence-electron chi connectivity index (χ0n) is 42.1. The molecule has 4 radical (unpaired) electrons. The van der Waals surface area contributed by atoms with Gasteiger partial charge in [0.15, 0.2) is 17.4 Å². The van der Waals surface area contributed by atoms with Gasteiger partial charge in [-0.05, 0) is 101 Å². The molecule has 0 amide bonds. The van der Waals surface area contributed by atoms with Crippen molar-refractivity contribution in [1.82, 2.24) is 35.3 Å². The number of nitrogens with one attached hydrogen (secondary N) is 3. The Morgan fingerprint density at radius 3 is 2.38 bits per heavy atom. The molecule has 2 saturated heterocycles. The van der Waals surface area contributed by atoms with Crippen molar-refractivity contribution >= 4 is 67.0 Å². The monoisotopic (exact) mass is 1020 g/mol. The summed E-state index contributed by atoms with van der Waals surface area (Å²) in [4.78, 5) is 12.8. The molecule has 0 spiro atoms. The average molecular weight is 1030 g/mol. The minimum absolute atomic E-state index is 0.0364. The second-order valence-electron chi connectivity index (χ2n) is 21.3. The number of rotatable bonds is 13. The van der Waals surface area contributed by atoms with E-state index >= 15 is 17.6 Å². The Morgan fingerprint density at radius 2 is 1.74 bits per heavy atom.